The fourth-order valence-corrected chi connectivity index (χ4v) is 3.25. The van der Waals surface area contributed by atoms with Crippen LogP contribution in [0, 0.1) is 0 Å². The van der Waals surface area contributed by atoms with E-state index in [1.165, 1.54) is 0 Å². The second-order valence-electron chi connectivity index (χ2n) is 4.87. The average Bonchev–Trinajstić information content (AvgIpc) is 2.27. The molecule has 0 fully saturated rings. The first-order valence-electron chi connectivity index (χ1n) is 5.54. The highest BCUT2D eigenvalue weighted by atomic mass is 79.9. The lowest BCUT2D eigenvalue weighted by atomic mass is 10.0. The van der Waals surface area contributed by atoms with Gasteiger partial charge in [-0.3, -0.25) is 4.90 Å². The van der Waals surface area contributed by atoms with Crippen LogP contribution in [0.5, 0.6) is 5.75 Å². The van der Waals surface area contributed by atoms with Crippen LogP contribution in [-0.4, -0.2) is 33.7 Å². The van der Waals surface area contributed by atoms with Crippen LogP contribution in [-0.2, 0) is 6.54 Å². The number of fused-ring (bicyclic) bond motifs is 1. The molecule has 1 aliphatic heterocycles. The van der Waals surface area contributed by atoms with Crippen LogP contribution in [0.15, 0.2) is 21.1 Å². The Morgan fingerprint density at radius 1 is 1.33 bits per heavy atom. The number of hydrogen-bond donors (Lipinski definition) is 2. The van der Waals surface area contributed by atoms with Gasteiger partial charge in [-0.05, 0) is 41.9 Å². The van der Waals surface area contributed by atoms with Crippen molar-refractivity contribution in [1.29, 1.82) is 0 Å². The first kappa shape index (κ1) is 14.3. The number of rotatable bonds is 2. The van der Waals surface area contributed by atoms with Gasteiger partial charge in [0.1, 0.15) is 12.5 Å². The van der Waals surface area contributed by atoms with E-state index in [0.717, 1.165) is 20.3 Å². The Morgan fingerprint density at radius 3 is 2.61 bits per heavy atom. The predicted molar refractivity (Wildman–Crippen MR) is 75.2 cm³/mol. The van der Waals surface area contributed by atoms with Crippen molar-refractivity contribution in [2.45, 2.75) is 32.2 Å². The van der Waals surface area contributed by atoms with Crippen molar-refractivity contribution >= 4 is 31.9 Å². The molecule has 0 bridgehead atoms. The summed E-state index contributed by atoms with van der Waals surface area (Å²) in [7, 11) is 0. The molecule has 0 amide bonds. The van der Waals surface area contributed by atoms with Crippen molar-refractivity contribution in [3.05, 3.63) is 26.6 Å². The predicted octanol–water partition coefficient (Wildman–Crippen LogP) is 2.45. The number of nitrogens with zero attached hydrogens (tertiary/aromatic N) is 1. The Balaban J connectivity index is 2.30. The molecule has 0 aliphatic carbocycles. The third kappa shape index (κ3) is 2.58. The standard InChI is InChI=1S/C12H15Br2NO3/c1-12(2,11(16)17)15-5-7-3-8(13)4-9(14)10(7)18-6-15/h3-4,11,16-17H,5-6H2,1-2H3. The minimum Gasteiger partial charge on any atom is -0.477 e. The lowest BCUT2D eigenvalue weighted by Gasteiger charge is -2.42. The average molecular weight is 381 g/mol. The Hall–Kier alpha value is -0.140. The van der Waals surface area contributed by atoms with E-state index < -0.39 is 11.8 Å². The Labute approximate surface area is 123 Å². The fourth-order valence-electron chi connectivity index (χ4n) is 1.82. The Kier molecular flexibility index (Phi) is 4.04. The summed E-state index contributed by atoms with van der Waals surface area (Å²) in [6.07, 6.45) is -1.42. The van der Waals surface area contributed by atoms with Crippen LogP contribution in [0.1, 0.15) is 19.4 Å². The maximum Gasteiger partial charge on any atom is 0.169 e. The molecule has 4 nitrogen and oxygen atoms in total. The first-order valence-corrected chi connectivity index (χ1v) is 7.13. The minimum absolute atomic E-state index is 0.331. The lowest BCUT2D eigenvalue weighted by molar-refractivity contribution is -0.157. The molecular weight excluding hydrogens is 366 g/mol. The summed E-state index contributed by atoms with van der Waals surface area (Å²) in [4.78, 5) is 1.89. The third-order valence-corrected chi connectivity index (χ3v) is 4.30. The van der Waals surface area contributed by atoms with Gasteiger partial charge in [-0.25, -0.2) is 0 Å². The molecule has 0 aromatic heterocycles. The topological polar surface area (TPSA) is 52.9 Å². The summed E-state index contributed by atoms with van der Waals surface area (Å²) in [5.74, 6) is 0.817. The van der Waals surface area contributed by atoms with Crippen molar-refractivity contribution in [2.75, 3.05) is 6.73 Å². The maximum atomic E-state index is 9.43. The number of hydrogen-bond acceptors (Lipinski definition) is 4. The van der Waals surface area contributed by atoms with E-state index in [-0.39, 0.29) is 0 Å². The highest BCUT2D eigenvalue weighted by Crippen LogP contribution is 2.37. The number of halogens is 2. The van der Waals surface area contributed by atoms with E-state index in [1.807, 2.05) is 17.0 Å². The molecule has 0 saturated heterocycles. The van der Waals surface area contributed by atoms with Gasteiger partial charge in [-0.1, -0.05) is 15.9 Å². The summed E-state index contributed by atoms with van der Waals surface area (Å²) in [6, 6.07) is 3.91. The Morgan fingerprint density at radius 2 is 2.00 bits per heavy atom. The zero-order chi connectivity index (χ0) is 13.5. The summed E-state index contributed by atoms with van der Waals surface area (Å²) in [6.45, 7) is 4.49. The van der Waals surface area contributed by atoms with Crippen LogP contribution in [0.2, 0.25) is 0 Å². The zero-order valence-corrected chi connectivity index (χ0v) is 13.3. The van der Waals surface area contributed by atoms with Gasteiger partial charge in [-0.2, -0.15) is 0 Å². The molecule has 0 saturated carbocycles. The highest BCUT2D eigenvalue weighted by molar-refractivity contribution is 9.11. The molecule has 2 rings (SSSR count). The van der Waals surface area contributed by atoms with Crippen molar-refractivity contribution < 1.29 is 14.9 Å². The molecule has 1 aromatic rings. The first-order chi connectivity index (χ1) is 8.32. The monoisotopic (exact) mass is 379 g/mol. The molecule has 2 N–H and O–H groups in total. The van der Waals surface area contributed by atoms with Crippen LogP contribution < -0.4 is 4.74 Å². The normalized spacial score (nSPS) is 16.6. The van der Waals surface area contributed by atoms with Gasteiger partial charge in [-0.15, -0.1) is 0 Å². The summed E-state index contributed by atoms with van der Waals surface area (Å²) < 4.78 is 7.55. The van der Waals surface area contributed by atoms with Crippen LogP contribution in [0.4, 0.5) is 0 Å². The summed E-state index contributed by atoms with van der Waals surface area (Å²) in [5, 5.41) is 18.9. The molecule has 18 heavy (non-hydrogen) atoms. The van der Waals surface area contributed by atoms with Crippen molar-refractivity contribution in [3.8, 4) is 5.75 Å². The van der Waals surface area contributed by atoms with Crippen molar-refractivity contribution in [1.82, 2.24) is 4.90 Å². The number of ether oxygens (including phenoxy) is 1. The van der Waals surface area contributed by atoms with Gasteiger partial charge in [0.2, 0.25) is 0 Å². The molecule has 1 aromatic carbocycles. The summed E-state index contributed by atoms with van der Waals surface area (Å²) in [5.41, 5.74) is 0.253. The van der Waals surface area contributed by atoms with Crippen LogP contribution in [0.25, 0.3) is 0 Å². The third-order valence-electron chi connectivity index (χ3n) is 3.26. The molecular formula is C12H15Br2NO3. The van der Waals surface area contributed by atoms with E-state index in [4.69, 9.17) is 4.74 Å². The number of benzene rings is 1. The summed E-state index contributed by atoms with van der Waals surface area (Å²) >= 11 is 6.90. The molecule has 1 heterocycles. The SMILES string of the molecule is CC(C)(C(O)O)N1COc2c(Br)cc(Br)cc2C1. The van der Waals surface area contributed by atoms with Gasteiger partial charge in [0.15, 0.2) is 6.29 Å². The smallest absolute Gasteiger partial charge is 0.169 e. The molecule has 0 unspecified atom stereocenters. The largest absolute Gasteiger partial charge is 0.477 e. The van der Waals surface area contributed by atoms with Crippen molar-refractivity contribution in [3.63, 3.8) is 0 Å². The molecule has 1 aliphatic rings. The molecule has 0 radical (unpaired) electrons. The number of aliphatic hydroxyl groups is 2. The molecule has 0 spiro atoms. The molecule has 100 valence electrons. The van der Waals surface area contributed by atoms with Gasteiger partial charge in [0, 0.05) is 16.6 Å². The van der Waals surface area contributed by atoms with Crippen LogP contribution >= 0.6 is 31.9 Å². The fraction of sp³-hybridized carbons (Fsp3) is 0.500. The van der Waals surface area contributed by atoms with Gasteiger partial charge < -0.3 is 14.9 Å². The van der Waals surface area contributed by atoms with Gasteiger partial charge in [0.05, 0.1) is 10.0 Å². The van der Waals surface area contributed by atoms with E-state index in [9.17, 15) is 10.2 Å². The Bertz CT molecular complexity index is 463. The quantitative estimate of drug-likeness (QED) is 0.774. The van der Waals surface area contributed by atoms with Gasteiger partial charge >= 0.3 is 0 Å². The second-order valence-corrected chi connectivity index (χ2v) is 6.64. The van der Waals surface area contributed by atoms with Crippen LogP contribution in [0.3, 0.4) is 0 Å². The highest BCUT2D eigenvalue weighted by Gasteiger charge is 2.36. The van der Waals surface area contributed by atoms with E-state index in [0.29, 0.717) is 13.3 Å². The van der Waals surface area contributed by atoms with E-state index in [2.05, 4.69) is 31.9 Å². The maximum absolute atomic E-state index is 9.43. The molecule has 6 heteroatoms. The lowest BCUT2D eigenvalue weighted by Crippen LogP contribution is -2.54. The van der Waals surface area contributed by atoms with E-state index >= 15 is 0 Å². The molecule has 0 atom stereocenters. The van der Waals surface area contributed by atoms with E-state index in [1.54, 1.807) is 13.8 Å². The van der Waals surface area contributed by atoms with Crippen molar-refractivity contribution in [2.24, 2.45) is 0 Å². The number of aliphatic hydroxyl groups excluding tert-OH is 1. The zero-order valence-electron chi connectivity index (χ0n) is 10.2. The minimum atomic E-state index is -1.42. The van der Waals surface area contributed by atoms with Gasteiger partial charge in [0.25, 0.3) is 0 Å². The second kappa shape index (κ2) is 5.09.